The molecule has 1 amide bonds. The van der Waals surface area contributed by atoms with Crippen LogP contribution in [0.3, 0.4) is 0 Å². The Morgan fingerprint density at radius 2 is 2.18 bits per heavy atom. The molecule has 17 heavy (non-hydrogen) atoms. The first-order valence-electron chi connectivity index (χ1n) is 5.14. The standard InChI is InChI=1S/C11H13N5O/c1-12-10-8(4-3-6-13-10)11(17)15-9-5-7-14-16(9)2/h3-7H,1-2H3,(H,12,13)(H,15,17). The predicted molar refractivity (Wildman–Crippen MR) is 64.9 cm³/mol. The predicted octanol–water partition coefficient (Wildman–Crippen LogP) is 1.11. The van der Waals surface area contributed by atoms with Crippen LogP contribution in [0.25, 0.3) is 0 Å². The fourth-order valence-corrected chi connectivity index (χ4v) is 1.47. The van der Waals surface area contributed by atoms with Crippen molar-refractivity contribution in [3.05, 3.63) is 36.2 Å². The molecule has 2 heterocycles. The molecule has 0 aliphatic rings. The lowest BCUT2D eigenvalue weighted by molar-refractivity contribution is 0.102. The zero-order valence-corrected chi connectivity index (χ0v) is 9.64. The Morgan fingerprint density at radius 1 is 1.35 bits per heavy atom. The maximum Gasteiger partial charge on any atom is 0.260 e. The lowest BCUT2D eigenvalue weighted by Gasteiger charge is -2.08. The number of hydrogen-bond acceptors (Lipinski definition) is 4. The third kappa shape index (κ3) is 2.25. The van der Waals surface area contributed by atoms with Crippen LogP contribution in [0.1, 0.15) is 10.4 Å². The number of pyridine rings is 1. The Kier molecular flexibility index (Phi) is 3.04. The van der Waals surface area contributed by atoms with Gasteiger partial charge in [-0.2, -0.15) is 5.10 Å². The van der Waals surface area contributed by atoms with Gasteiger partial charge in [0.1, 0.15) is 11.6 Å². The number of amides is 1. The first-order valence-corrected chi connectivity index (χ1v) is 5.14. The highest BCUT2D eigenvalue weighted by Crippen LogP contribution is 2.13. The zero-order chi connectivity index (χ0) is 12.3. The lowest BCUT2D eigenvalue weighted by atomic mass is 10.2. The second-order valence-corrected chi connectivity index (χ2v) is 3.44. The Balaban J connectivity index is 2.23. The minimum absolute atomic E-state index is 0.217. The minimum Gasteiger partial charge on any atom is -0.372 e. The second kappa shape index (κ2) is 4.65. The van der Waals surface area contributed by atoms with Gasteiger partial charge in [-0.25, -0.2) is 4.98 Å². The van der Waals surface area contributed by atoms with Gasteiger partial charge in [0.05, 0.1) is 11.8 Å². The molecule has 0 fully saturated rings. The summed E-state index contributed by atoms with van der Waals surface area (Å²) in [6.45, 7) is 0. The van der Waals surface area contributed by atoms with Gasteiger partial charge in [-0.15, -0.1) is 0 Å². The fourth-order valence-electron chi connectivity index (χ4n) is 1.47. The van der Waals surface area contributed by atoms with Gasteiger partial charge in [0, 0.05) is 26.4 Å². The number of anilines is 2. The van der Waals surface area contributed by atoms with Gasteiger partial charge >= 0.3 is 0 Å². The van der Waals surface area contributed by atoms with Crippen molar-refractivity contribution in [2.75, 3.05) is 17.7 Å². The summed E-state index contributed by atoms with van der Waals surface area (Å²) in [5.41, 5.74) is 0.496. The van der Waals surface area contributed by atoms with Gasteiger partial charge in [-0.1, -0.05) is 0 Å². The van der Waals surface area contributed by atoms with E-state index in [9.17, 15) is 4.79 Å². The van der Waals surface area contributed by atoms with Gasteiger partial charge in [-0.3, -0.25) is 9.48 Å². The Labute approximate surface area is 98.7 Å². The summed E-state index contributed by atoms with van der Waals surface area (Å²) in [6.07, 6.45) is 3.25. The Hall–Kier alpha value is -2.37. The lowest BCUT2D eigenvalue weighted by Crippen LogP contribution is -2.16. The molecule has 0 aromatic carbocycles. The van der Waals surface area contributed by atoms with Crippen LogP contribution in [0.15, 0.2) is 30.6 Å². The minimum atomic E-state index is -0.217. The van der Waals surface area contributed by atoms with E-state index in [0.717, 1.165) is 0 Å². The maximum absolute atomic E-state index is 12.0. The van der Waals surface area contributed by atoms with E-state index >= 15 is 0 Å². The fraction of sp³-hybridized carbons (Fsp3) is 0.182. The summed E-state index contributed by atoms with van der Waals surface area (Å²) in [7, 11) is 3.49. The van der Waals surface area contributed by atoms with Crippen molar-refractivity contribution >= 4 is 17.5 Å². The van der Waals surface area contributed by atoms with Crippen LogP contribution in [-0.2, 0) is 7.05 Å². The molecule has 2 aromatic rings. The molecule has 2 rings (SSSR count). The van der Waals surface area contributed by atoms with E-state index in [0.29, 0.717) is 17.2 Å². The van der Waals surface area contributed by atoms with Gasteiger partial charge < -0.3 is 10.6 Å². The summed E-state index contributed by atoms with van der Waals surface area (Å²) >= 11 is 0. The first kappa shape index (κ1) is 11.1. The molecule has 0 unspecified atom stereocenters. The molecule has 0 saturated heterocycles. The van der Waals surface area contributed by atoms with Crippen molar-refractivity contribution < 1.29 is 4.79 Å². The van der Waals surface area contributed by atoms with E-state index in [1.807, 2.05) is 0 Å². The molecule has 6 heteroatoms. The van der Waals surface area contributed by atoms with Crippen LogP contribution in [0.5, 0.6) is 0 Å². The van der Waals surface area contributed by atoms with Gasteiger partial charge in [0.25, 0.3) is 5.91 Å². The van der Waals surface area contributed by atoms with Gasteiger partial charge in [-0.05, 0) is 12.1 Å². The molecule has 0 aliphatic carbocycles. The number of carbonyl (C=O) groups is 1. The topological polar surface area (TPSA) is 71.8 Å². The van der Waals surface area contributed by atoms with E-state index in [4.69, 9.17) is 0 Å². The van der Waals surface area contributed by atoms with E-state index in [1.165, 1.54) is 0 Å². The Morgan fingerprint density at radius 3 is 2.82 bits per heavy atom. The van der Waals surface area contributed by atoms with Gasteiger partial charge in [0.15, 0.2) is 0 Å². The molecule has 0 aliphatic heterocycles. The largest absolute Gasteiger partial charge is 0.372 e. The highest BCUT2D eigenvalue weighted by molar-refractivity contribution is 6.07. The normalized spacial score (nSPS) is 10.0. The summed E-state index contributed by atoms with van der Waals surface area (Å²) in [5.74, 6) is 0.971. The smallest absolute Gasteiger partial charge is 0.260 e. The molecule has 0 atom stereocenters. The van der Waals surface area contributed by atoms with E-state index in [2.05, 4.69) is 20.7 Å². The summed E-state index contributed by atoms with van der Waals surface area (Å²) in [5, 5.41) is 9.62. The maximum atomic E-state index is 12.0. The summed E-state index contributed by atoms with van der Waals surface area (Å²) < 4.78 is 1.59. The third-order valence-electron chi connectivity index (χ3n) is 2.35. The molecule has 2 aromatic heterocycles. The molecule has 0 spiro atoms. The molecule has 88 valence electrons. The molecule has 0 bridgehead atoms. The van der Waals surface area contributed by atoms with Crippen LogP contribution < -0.4 is 10.6 Å². The highest BCUT2D eigenvalue weighted by atomic mass is 16.1. The van der Waals surface area contributed by atoms with Gasteiger partial charge in [0.2, 0.25) is 0 Å². The van der Waals surface area contributed by atoms with Crippen molar-refractivity contribution in [3.63, 3.8) is 0 Å². The molecule has 2 N–H and O–H groups in total. The number of nitrogens with one attached hydrogen (secondary N) is 2. The number of rotatable bonds is 3. The first-order chi connectivity index (χ1) is 8.22. The molecular weight excluding hydrogens is 218 g/mol. The Bertz CT molecular complexity index is 534. The quantitative estimate of drug-likeness (QED) is 0.830. The SMILES string of the molecule is CNc1ncccc1C(=O)Nc1ccnn1C. The second-order valence-electron chi connectivity index (χ2n) is 3.44. The van der Waals surface area contributed by atoms with Crippen LogP contribution in [0.4, 0.5) is 11.6 Å². The number of hydrogen-bond donors (Lipinski definition) is 2. The molecule has 0 saturated carbocycles. The van der Waals surface area contributed by atoms with Crippen LogP contribution in [-0.4, -0.2) is 27.7 Å². The summed E-state index contributed by atoms with van der Waals surface area (Å²) in [6, 6.07) is 5.16. The molecule has 6 nitrogen and oxygen atoms in total. The van der Waals surface area contributed by atoms with Crippen LogP contribution in [0.2, 0.25) is 0 Å². The van der Waals surface area contributed by atoms with Crippen molar-refractivity contribution in [3.8, 4) is 0 Å². The van der Waals surface area contributed by atoms with Crippen molar-refractivity contribution in [1.29, 1.82) is 0 Å². The van der Waals surface area contributed by atoms with E-state index < -0.39 is 0 Å². The monoisotopic (exact) mass is 231 g/mol. The number of aromatic nitrogens is 3. The van der Waals surface area contributed by atoms with E-state index in [1.54, 1.807) is 49.4 Å². The van der Waals surface area contributed by atoms with Crippen molar-refractivity contribution in [1.82, 2.24) is 14.8 Å². The van der Waals surface area contributed by atoms with Crippen molar-refractivity contribution in [2.24, 2.45) is 7.05 Å². The van der Waals surface area contributed by atoms with Crippen LogP contribution in [0, 0.1) is 0 Å². The number of nitrogens with zero attached hydrogens (tertiary/aromatic N) is 3. The van der Waals surface area contributed by atoms with Crippen LogP contribution >= 0.6 is 0 Å². The summed E-state index contributed by atoms with van der Waals surface area (Å²) in [4.78, 5) is 16.1. The molecule has 0 radical (unpaired) electrons. The average Bonchev–Trinajstić information content (AvgIpc) is 2.75. The van der Waals surface area contributed by atoms with Crippen molar-refractivity contribution in [2.45, 2.75) is 0 Å². The van der Waals surface area contributed by atoms with E-state index in [-0.39, 0.29) is 5.91 Å². The number of carbonyl (C=O) groups excluding carboxylic acids is 1. The zero-order valence-electron chi connectivity index (χ0n) is 9.64. The molecular formula is C11H13N5O. The third-order valence-corrected chi connectivity index (χ3v) is 2.35. The average molecular weight is 231 g/mol. The highest BCUT2D eigenvalue weighted by Gasteiger charge is 2.12. The number of aryl methyl sites for hydroxylation is 1.